The van der Waals surface area contributed by atoms with Crippen molar-refractivity contribution in [1.82, 2.24) is 5.32 Å². The van der Waals surface area contributed by atoms with Crippen LogP contribution in [0.1, 0.15) is 16.8 Å². The van der Waals surface area contributed by atoms with Gasteiger partial charge in [-0.05, 0) is 34.5 Å². The quantitative estimate of drug-likeness (QED) is 0.850. The van der Waals surface area contributed by atoms with Gasteiger partial charge in [-0.25, -0.2) is 4.39 Å². The summed E-state index contributed by atoms with van der Waals surface area (Å²) in [5, 5.41) is 2.97. The Kier molecular flexibility index (Phi) is 4.01. The van der Waals surface area contributed by atoms with Gasteiger partial charge in [-0.2, -0.15) is 0 Å². The Morgan fingerprint density at radius 1 is 1.59 bits per heavy atom. The van der Waals surface area contributed by atoms with Gasteiger partial charge in [0, 0.05) is 11.1 Å². The highest BCUT2D eigenvalue weighted by molar-refractivity contribution is 9.10. The second kappa shape index (κ2) is 5.33. The van der Waals surface area contributed by atoms with Crippen molar-refractivity contribution in [2.45, 2.75) is 12.5 Å². The number of carbonyl (C=O) groups is 1. The van der Waals surface area contributed by atoms with E-state index in [-0.39, 0.29) is 22.5 Å². The maximum Gasteiger partial charge on any atom is 0.253 e. The zero-order valence-corrected chi connectivity index (χ0v) is 11.1. The molecule has 92 valence electrons. The van der Waals surface area contributed by atoms with Crippen LogP contribution in [0.3, 0.4) is 0 Å². The number of amides is 1. The van der Waals surface area contributed by atoms with E-state index in [2.05, 4.69) is 21.2 Å². The Labute approximate surface area is 111 Å². The zero-order chi connectivity index (χ0) is 12.4. The third-order valence-corrected chi connectivity index (χ3v) is 3.76. The first-order chi connectivity index (χ1) is 8.08. The molecule has 2 rings (SSSR count). The lowest BCUT2D eigenvalue weighted by Crippen LogP contribution is -2.35. The third-order valence-electron chi connectivity index (χ3n) is 2.50. The first kappa shape index (κ1) is 12.8. The lowest BCUT2D eigenvalue weighted by Gasteiger charge is -2.12. The molecule has 1 aromatic carbocycles. The Balaban J connectivity index is 2.18. The number of halogens is 3. The van der Waals surface area contributed by atoms with Gasteiger partial charge in [0.1, 0.15) is 5.82 Å². The Morgan fingerprint density at radius 2 is 2.35 bits per heavy atom. The van der Waals surface area contributed by atoms with Crippen LogP contribution < -0.4 is 5.32 Å². The molecule has 0 bridgehead atoms. The minimum absolute atomic E-state index is 0.0272. The van der Waals surface area contributed by atoms with Crippen LogP contribution >= 0.6 is 27.5 Å². The van der Waals surface area contributed by atoms with Gasteiger partial charge in [0.05, 0.1) is 23.2 Å². The maximum absolute atomic E-state index is 13.2. The summed E-state index contributed by atoms with van der Waals surface area (Å²) in [4.78, 5) is 11.9. The molecule has 1 aromatic rings. The SMILES string of the molecule is O=C(NC1CCOC1)c1cc(F)cc(Br)c1Cl. The number of nitrogens with one attached hydrogen (secondary N) is 1. The predicted molar refractivity (Wildman–Crippen MR) is 65.8 cm³/mol. The summed E-state index contributed by atoms with van der Waals surface area (Å²) in [6.45, 7) is 1.12. The van der Waals surface area contributed by atoms with Crippen molar-refractivity contribution in [3.05, 3.63) is 33.0 Å². The number of carbonyl (C=O) groups excluding carboxylic acids is 1. The lowest BCUT2D eigenvalue weighted by atomic mass is 10.2. The molecule has 0 spiro atoms. The molecule has 0 radical (unpaired) electrons. The highest BCUT2D eigenvalue weighted by Crippen LogP contribution is 2.27. The van der Waals surface area contributed by atoms with E-state index < -0.39 is 5.82 Å². The van der Waals surface area contributed by atoms with Crippen LogP contribution in [0.5, 0.6) is 0 Å². The standard InChI is InChI=1S/C11H10BrClFNO2/c12-9-4-6(14)3-8(10(9)13)11(16)15-7-1-2-17-5-7/h3-4,7H,1-2,5H2,(H,15,16). The topological polar surface area (TPSA) is 38.3 Å². The van der Waals surface area contributed by atoms with Crippen molar-refractivity contribution in [3.8, 4) is 0 Å². The smallest absolute Gasteiger partial charge is 0.253 e. The van der Waals surface area contributed by atoms with Crippen molar-refractivity contribution >= 4 is 33.4 Å². The summed E-state index contributed by atoms with van der Waals surface area (Å²) in [7, 11) is 0. The predicted octanol–water partition coefficient (Wildman–Crippen LogP) is 2.76. The van der Waals surface area contributed by atoms with Crippen molar-refractivity contribution in [2.75, 3.05) is 13.2 Å². The third kappa shape index (κ3) is 2.97. The summed E-state index contributed by atoms with van der Waals surface area (Å²) in [5.74, 6) is -0.889. The second-order valence-corrected chi connectivity index (χ2v) is 5.02. The van der Waals surface area contributed by atoms with Gasteiger partial charge < -0.3 is 10.1 Å². The molecule has 1 fully saturated rings. The molecular formula is C11H10BrClFNO2. The van der Waals surface area contributed by atoms with Crippen molar-refractivity contribution in [2.24, 2.45) is 0 Å². The molecule has 1 atom stereocenters. The van der Waals surface area contributed by atoms with E-state index in [1.165, 1.54) is 6.07 Å². The van der Waals surface area contributed by atoms with E-state index in [4.69, 9.17) is 16.3 Å². The fourth-order valence-corrected chi connectivity index (χ4v) is 2.26. The second-order valence-electron chi connectivity index (χ2n) is 3.78. The Bertz CT molecular complexity index is 449. The summed E-state index contributed by atoms with van der Waals surface area (Å²) in [6.07, 6.45) is 0.764. The number of hydrogen-bond donors (Lipinski definition) is 1. The summed E-state index contributed by atoms with van der Waals surface area (Å²) < 4.78 is 18.7. The molecule has 1 heterocycles. The number of ether oxygens (including phenoxy) is 1. The minimum Gasteiger partial charge on any atom is -0.379 e. The van der Waals surface area contributed by atoms with E-state index in [0.717, 1.165) is 12.5 Å². The molecule has 1 aliphatic rings. The fraction of sp³-hybridized carbons (Fsp3) is 0.364. The van der Waals surface area contributed by atoms with Crippen molar-refractivity contribution in [3.63, 3.8) is 0 Å². The first-order valence-corrected chi connectivity index (χ1v) is 6.28. The number of benzene rings is 1. The van der Waals surface area contributed by atoms with Gasteiger partial charge in [-0.15, -0.1) is 0 Å². The Hall–Kier alpha value is -0.650. The van der Waals surface area contributed by atoms with Gasteiger partial charge in [-0.3, -0.25) is 4.79 Å². The molecule has 0 aliphatic carbocycles. The first-order valence-electron chi connectivity index (χ1n) is 5.11. The summed E-state index contributed by atoms with van der Waals surface area (Å²) >= 11 is 9.04. The van der Waals surface area contributed by atoms with E-state index >= 15 is 0 Å². The minimum atomic E-state index is -0.505. The van der Waals surface area contributed by atoms with Gasteiger partial charge in [0.15, 0.2) is 0 Å². The molecular weight excluding hydrogens is 312 g/mol. The van der Waals surface area contributed by atoms with Crippen LogP contribution in [0, 0.1) is 5.82 Å². The largest absolute Gasteiger partial charge is 0.379 e. The van der Waals surface area contributed by atoms with E-state index in [1.54, 1.807) is 0 Å². The molecule has 0 aromatic heterocycles. The molecule has 1 aliphatic heterocycles. The normalized spacial score (nSPS) is 19.4. The van der Waals surface area contributed by atoms with Crippen LogP contribution in [-0.2, 0) is 4.74 Å². The van der Waals surface area contributed by atoms with Crippen LogP contribution in [0.15, 0.2) is 16.6 Å². The van der Waals surface area contributed by atoms with Crippen LogP contribution in [-0.4, -0.2) is 25.2 Å². The molecule has 3 nitrogen and oxygen atoms in total. The fourth-order valence-electron chi connectivity index (χ4n) is 1.63. The molecule has 1 unspecified atom stereocenters. The number of hydrogen-bond acceptors (Lipinski definition) is 2. The van der Waals surface area contributed by atoms with Crippen molar-refractivity contribution in [1.29, 1.82) is 0 Å². The molecule has 6 heteroatoms. The van der Waals surface area contributed by atoms with Gasteiger partial charge in [0.25, 0.3) is 5.91 Å². The van der Waals surface area contributed by atoms with Crippen LogP contribution in [0.4, 0.5) is 4.39 Å². The maximum atomic E-state index is 13.2. The molecule has 17 heavy (non-hydrogen) atoms. The summed E-state index contributed by atoms with van der Waals surface area (Å²) in [5.41, 5.74) is 0.130. The summed E-state index contributed by atoms with van der Waals surface area (Å²) in [6, 6.07) is 2.32. The molecule has 1 N–H and O–H groups in total. The molecule has 1 amide bonds. The van der Waals surface area contributed by atoms with E-state index in [0.29, 0.717) is 17.7 Å². The zero-order valence-electron chi connectivity index (χ0n) is 8.80. The Morgan fingerprint density at radius 3 is 3.00 bits per heavy atom. The molecule has 1 saturated heterocycles. The van der Waals surface area contributed by atoms with Gasteiger partial charge in [-0.1, -0.05) is 11.6 Å². The van der Waals surface area contributed by atoms with Crippen LogP contribution in [0.2, 0.25) is 5.02 Å². The van der Waals surface area contributed by atoms with E-state index in [1.807, 2.05) is 0 Å². The lowest BCUT2D eigenvalue weighted by molar-refractivity contribution is 0.0929. The molecule has 0 saturated carbocycles. The van der Waals surface area contributed by atoms with Gasteiger partial charge in [0.2, 0.25) is 0 Å². The average Bonchev–Trinajstić information content (AvgIpc) is 2.76. The van der Waals surface area contributed by atoms with Crippen LogP contribution in [0.25, 0.3) is 0 Å². The average molecular weight is 323 g/mol. The number of rotatable bonds is 2. The van der Waals surface area contributed by atoms with Gasteiger partial charge >= 0.3 is 0 Å². The highest BCUT2D eigenvalue weighted by Gasteiger charge is 2.21. The van der Waals surface area contributed by atoms with Crippen molar-refractivity contribution < 1.29 is 13.9 Å². The van der Waals surface area contributed by atoms with E-state index in [9.17, 15) is 9.18 Å². The highest BCUT2D eigenvalue weighted by atomic mass is 79.9. The monoisotopic (exact) mass is 321 g/mol.